The molecule has 108 valence electrons. The minimum Gasteiger partial charge on any atom is -0.419 e. The first-order valence-electron chi connectivity index (χ1n) is 5.34. The summed E-state index contributed by atoms with van der Waals surface area (Å²) in [7, 11) is 5.69. The lowest BCUT2D eigenvalue weighted by molar-refractivity contribution is 0.0482. The lowest BCUT2D eigenvalue weighted by Crippen LogP contribution is -2.18. The molecule has 9 heteroatoms. The van der Waals surface area contributed by atoms with Crippen LogP contribution >= 0.6 is 43.2 Å². The van der Waals surface area contributed by atoms with Crippen molar-refractivity contribution in [2.45, 2.75) is 49.3 Å². The number of carbonyl (C=O) groups excluding carboxylic acids is 1. The van der Waals surface area contributed by atoms with E-state index in [4.69, 9.17) is 20.9 Å². The van der Waals surface area contributed by atoms with E-state index >= 15 is 0 Å². The summed E-state index contributed by atoms with van der Waals surface area (Å²) in [4.78, 5) is 11.4. The molecule has 0 heterocycles. The van der Waals surface area contributed by atoms with Crippen molar-refractivity contribution in [2.24, 2.45) is 11.5 Å². The van der Waals surface area contributed by atoms with Gasteiger partial charge in [0.05, 0.1) is 10.7 Å². The van der Waals surface area contributed by atoms with Gasteiger partial charge in [-0.15, -0.1) is 0 Å². The maximum Gasteiger partial charge on any atom is 0.510 e. The molecule has 0 saturated carbocycles. The zero-order valence-electron chi connectivity index (χ0n) is 10.8. The Bertz CT molecular complexity index is 222. The first-order valence-corrected chi connectivity index (χ1v) is 9.89. The van der Waals surface area contributed by atoms with E-state index in [0.29, 0.717) is 0 Å². The number of carbonyl (C=O) groups is 1. The Morgan fingerprint density at radius 1 is 0.833 bits per heavy atom. The van der Waals surface area contributed by atoms with Gasteiger partial charge in [0.1, 0.15) is 0 Å². The zero-order chi connectivity index (χ0) is 14.1. The molecule has 0 rings (SSSR count). The summed E-state index contributed by atoms with van der Waals surface area (Å²) in [6.07, 6.45) is -0.675. The molecule has 0 aromatic heterocycles. The van der Waals surface area contributed by atoms with Crippen molar-refractivity contribution < 1.29 is 14.3 Å². The average Bonchev–Trinajstić information content (AvgIpc) is 2.23. The Hall–Kier alpha value is 0.590. The summed E-state index contributed by atoms with van der Waals surface area (Å²) in [5.74, 6) is 0. The molecule has 0 bridgehead atoms. The van der Waals surface area contributed by atoms with Crippen LogP contribution in [0.2, 0.25) is 0 Å². The van der Waals surface area contributed by atoms with E-state index in [1.165, 1.54) is 43.2 Å². The molecule has 0 radical (unpaired) electrons. The van der Waals surface area contributed by atoms with Crippen LogP contribution in [0.5, 0.6) is 0 Å². The Morgan fingerprint density at radius 2 is 1.17 bits per heavy atom. The van der Waals surface area contributed by atoms with Crippen LogP contribution in [0.25, 0.3) is 0 Å². The molecule has 0 aliphatic carbocycles. The molecule has 0 aliphatic heterocycles. The predicted octanol–water partition coefficient (Wildman–Crippen LogP) is 3.20. The van der Waals surface area contributed by atoms with Gasteiger partial charge < -0.3 is 20.9 Å². The molecule has 5 nitrogen and oxygen atoms in total. The van der Waals surface area contributed by atoms with Crippen LogP contribution < -0.4 is 11.5 Å². The largest absolute Gasteiger partial charge is 0.510 e. The third-order valence-corrected chi connectivity index (χ3v) is 6.89. The van der Waals surface area contributed by atoms with Gasteiger partial charge >= 0.3 is 6.16 Å². The summed E-state index contributed by atoms with van der Waals surface area (Å²) >= 11 is 0. The molecule has 4 unspecified atom stereocenters. The highest BCUT2D eigenvalue weighted by atomic mass is 33.1. The zero-order valence-corrected chi connectivity index (χ0v) is 14.1. The van der Waals surface area contributed by atoms with Crippen molar-refractivity contribution in [2.75, 3.05) is 0 Å². The van der Waals surface area contributed by atoms with Crippen molar-refractivity contribution in [3.63, 3.8) is 0 Å². The second-order valence-corrected chi connectivity index (χ2v) is 9.31. The van der Waals surface area contributed by atoms with E-state index in [0.717, 1.165) is 0 Å². The van der Waals surface area contributed by atoms with Crippen LogP contribution in [0, 0.1) is 0 Å². The molecular weight excluding hydrogens is 312 g/mol. The first-order chi connectivity index (χ1) is 8.31. The maximum atomic E-state index is 11.4. The highest BCUT2D eigenvalue weighted by Crippen LogP contribution is 2.31. The lowest BCUT2D eigenvalue weighted by Gasteiger charge is -2.16. The lowest BCUT2D eigenvalue weighted by atomic mass is 10.8. The minimum atomic E-state index is -0.675. The van der Waals surface area contributed by atoms with Crippen LogP contribution in [0.3, 0.4) is 0 Å². The van der Waals surface area contributed by atoms with Crippen molar-refractivity contribution in [3.8, 4) is 0 Å². The van der Waals surface area contributed by atoms with Gasteiger partial charge in [0.25, 0.3) is 0 Å². The predicted molar refractivity (Wildman–Crippen MR) is 84.2 cm³/mol. The molecule has 0 aromatic carbocycles. The summed E-state index contributed by atoms with van der Waals surface area (Å²) in [5, 5.41) is -0.0111. The molecule has 0 aromatic rings. The number of hydrogen-bond donors (Lipinski definition) is 2. The highest BCUT2D eigenvalue weighted by molar-refractivity contribution is 8.77. The van der Waals surface area contributed by atoms with Gasteiger partial charge in [-0.05, 0) is 49.3 Å². The van der Waals surface area contributed by atoms with Crippen LogP contribution in [-0.4, -0.2) is 27.8 Å². The van der Waals surface area contributed by atoms with Gasteiger partial charge in [0.2, 0.25) is 0 Å². The Labute approximate surface area is 124 Å². The van der Waals surface area contributed by atoms with Gasteiger partial charge in [-0.3, -0.25) is 0 Å². The summed E-state index contributed by atoms with van der Waals surface area (Å²) in [6, 6.07) is 0. The molecular formula is C9H20N2O3S4. The maximum absolute atomic E-state index is 11.4. The van der Waals surface area contributed by atoms with Crippen LogP contribution in [0.4, 0.5) is 4.79 Å². The van der Waals surface area contributed by atoms with E-state index in [9.17, 15) is 4.79 Å². The van der Waals surface area contributed by atoms with Gasteiger partial charge in [-0.1, -0.05) is 21.6 Å². The van der Waals surface area contributed by atoms with E-state index in [2.05, 4.69) is 0 Å². The van der Waals surface area contributed by atoms with Gasteiger partial charge in [-0.25, -0.2) is 4.79 Å². The monoisotopic (exact) mass is 332 g/mol. The number of rotatable bonds is 8. The van der Waals surface area contributed by atoms with Crippen LogP contribution in [-0.2, 0) is 9.47 Å². The fourth-order valence-corrected chi connectivity index (χ4v) is 3.80. The van der Waals surface area contributed by atoms with Crippen LogP contribution in [0.15, 0.2) is 0 Å². The molecule has 18 heavy (non-hydrogen) atoms. The number of hydrogen-bond acceptors (Lipinski definition) is 9. The Morgan fingerprint density at radius 3 is 1.44 bits per heavy atom. The highest BCUT2D eigenvalue weighted by Gasteiger charge is 2.16. The quantitative estimate of drug-likeness (QED) is 0.395. The fraction of sp³-hybridized carbons (Fsp3) is 0.889. The Kier molecular flexibility index (Phi) is 10.7. The molecule has 0 saturated heterocycles. The molecule has 0 aliphatic rings. The molecule has 4 atom stereocenters. The van der Waals surface area contributed by atoms with Crippen LogP contribution in [0.1, 0.15) is 27.7 Å². The van der Waals surface area contributed by atoms with Crippen molar-refractivity contribution in [1.29, 1.82) is 0 Å². The Balaban J connectivity index is 3.74. The van der Waals surface area contributed by atoms with E-state index < -0.39 is 6.16 Å². The molecule has 0 fully saturated rings. The third kappa shape index (κ3) is 11.7. The number of nitrogens with two attached hydrogens (primary N) is 2. The van der Waals surface area contributed by atoms with E-state index in [1.54, 1.807) is 13.8 Å². The van der Waals surface area contributed by atoms with Crippen molar-refractivity contribution in [1.82, 2.24) is 0 Å². The fourth-order valence-electron chi connectivity index (χ4n) is 0.670. The van der Waals surface area contributed by atoms with Crippen molar-refractivity contribution >= 4 is 49.3 Å². The number of ether oxygens (including phenoxy) is 2. The van der Waals surface area contributed by atoms with Gasteiger partial charge in [-0.2, -0.15) is 0 Å². The molecule has 4 N–H and O–H groups in total. The van der Waals surface area contributed by atoms with Gasteiger partial charge in [0, 0.05) is 0 Å². The smallest absolute Gasteiger partial charge is 0.419 e. The second kappa shape index (κ2) is 10.4. The minimum absolute atomic E-state index is 0.00556. The molecule has 0 amide bonds. The SMILES string of the molecule is CC(N)SSC(C)OC(=O)OC(C)SSC(C)N. The van der Waals surface area contributed by atoms with Crippen molar-refractivity contribution in [3.05, 3.63) is 0 Å². The second-order valence-electron chi connectivity index (χ2n) is 3.42. The third-order valence-electron chi connectivity index (χ3n) is 1.21. The van der Waals surface area contributed by atoms with E-state index in [-0.39, 0.29) is 21.6 Å². The molecule has 0 spiro atoms. The topological polar surface area (TPSA) is 87.6 Å². The normalized spacial score (nSPS) is 17.7. The first kappa shape index (κ1) is 18.6. The summed E-state index contributed by atoms with van der Waals surface area (Å²) in [5.41, 5.74) is 10.5. The van der Waals surface area contributed by atoms with E-state index in [1.807, 2.05) is 13.8 Å². The average molecular weight is 333 g/mol. The van der Waals surface area contributed by atoms with Gasteiger partial charge in [0.15, 0.2) is 10.9 Å². The summed E-state index contributed by atoms with van der Waals surface area (Å²) in [6.45, 7) is 7.28. The summed E-state index contributed by atoms with van der Waals surface area (Å²) < 4.78 is 10.1. The standard InChI is InChI=1S/C9H20N2O3S4/c1-5(10)15-17-7(3)13-9(12)14-8(4)18-16-6(2)11/h5-8H,10-11H2,1-4H3.